The Bertz CT molecular complexity index is 920. The predicted octanol–water partition coefficient (Wildman–Crippen LogP) is 4.84. The molecule has 136 valence electrons. The third-order valence-electron chi connectivity index (χ3n) is 3.91. The van der Waals surface area contributed by atoms with Gasteiger partial charge in [0, 0.05) is 10.5 Å². The van der Waals surface area contributed by atoms with Crippen LogP contribution in [0.3, 0.4) is 0 Å². The molecule has 0 saturated heterocycles. The SMILES string of the molecule is COc1ccc(-c2cc(C(F)(F)F)nn2-c2ccc(SN)cc2)cc1C. The number of alkyl halides is 3. The molecule has 0 fully saturated rings. The molecule has 1 aromatic heterocycles. The van der Waals surface area contributed by atoms with Crippen molar-refractivity contribution in [2.45, 2.75) is 18.0 Å². The van der Waals surface area contributed by atoms with Crippen molar-refractivity contribution >= 4 is 11.9 Å². The second-order valence-corrected chi connectivity index (χ2v) is 6.33. The highest BCUT2D eigenvalue weighted by atomic mass is 32.2. The highest BCUT2D eigenvalue weighted by Gasteiger charge is 2.35. The Labute approximate surface area is 152 Å². The first-order valence-corrected chi connectivity index (χ1v) is 8.51. The maximum atomic E-state index is 13.2. The first kappa shape index (κ1) is 18.3. The van der Waals surface area contributed by atoms with Gasteiger partial charge in [0.25, 0.3) is 0 Å². The van der Waals surface area contributed by atoms with Gasteiger partial charge in [0.1, 0.15) is 5.75 Å². The number of aryl methyl sites for hydroxylation is 1. The molecule has 8 heteroatoms. The van der Waals surface area contributed by atoms with E-state index in [2.05, 4.69) is 5.10 Å². The third-order valence-corrected chi connectivity index (χ3v) is 4.45. The lowest BCUT2D eigenvalue weighted by molar-refractivity contribution is -0.141. The van der Waals surface area contributed by atoms with Crippen LogP contribution in [0.1, 0.15) is 11.3 Å². The minimum absolute atomic E-state index is 0.344. The van der Waals surface area contributed by atoms with Crippen LogP contribution >= 0.6 is 11.9 Å². The van der Waals surface area contributed by atoms with Gasteiger partial charge < -0.3 is 4.74 Å². The number of rotatable bonds is 4. The molecule has 0 amide bonds. The third kappa shape index (κ3) is 3.56. The van der Waals surface area contributed by atoms with Crippen molar-refractivity contribution in [1.82, 2.24) is 9.78 Å². The highest BCUT2D eigenvalue weighted by Crippen LogP contribution is 2.34. The van der Waals surface area contributed by atoms with E-state index in [9.17, 15) is 13.2 Å². The molecule has 0 radical (unpaired) electrons. The number of hydrogen-bond donors (Lipinski definition) is 1. The van der Waals surface area contributed by atoms with Crippen LogP contribution in [0.2, 0.25) is 0 Å². The molecule has 2 N–H and O–H groups in total. The number of halogens is 3. The van der Waals surface area contributed by atoms with E-state index in [1.165, 1.54) is 4.68 Å². The molecule has 0 atom stereocenters. The molecule has 0 aliphatic rings. The average molecular weight is 379 g/mol. The molecule has 0 aliphatic carbocycles. The van der Waals surface area contributed by atoms with E-state index in [-0.39, 0.29) is 0 Å². The predicted molar refractivity (Wildman–Crippen MR) is 95.3 cm³/mol. The molecule has 26 heavy (non-hydrogen) atoms. The van der Waals surface area contributed by atoms with E-state index in [4.69, 9.17) is 9.88 Å². The van der Waals surface area contributed by atoms with Crippen LogP contribution in [0.4, 0.5) is 13.2 Å². The summed E-state index contributed by atoms with van der Waals surface area (Å²) >= 11 is 1.07. The van der Waals surface area contributed by atoms with E-state index in [0.717, 1.165) is 28.5 Å². The Kier molecular flexibility index (Phi) is 4.97. The number of hydrogen-bond acceptors (Lipinski definition) is 4. The normalized spacial score (nSPS) is 11.6. The van der Waals surface area contributed by atoms with E-state index < -0.39 is 11.9 Å². The average Bonchev–Trinajstić information content (AvgIpc) is 3.07. The molecule has 3 aromatic rings. The van der Waals surface area contributed by atoms with E-state index in [1.807, 2.05) is 6.92 Å². The van der Waals surface area contributed by atoms with Gasteiger partial charge in [-0.05, 0) is 73.0 Å². The molecule has 2 aromatic carbocycles. The first-order valence-electron chi connectivity index (χ1n) is 7.63. The number of aromatic nitrogens is 2. The second-order valence-electron chi connectivity index (χ2n) is 5.62. The van der Waals surface area contributed by atoms with Crippen molar-refractivity contribution in [1.29, 1.82) is 0 Å². The molecule has 0 saturated carbocycles. The topological polar surface area (TPSA) is 53.1 Å². The van der Waals surface area contributed by atoms with Gasteiger partial charge in [0.15, 0.2) is 5.69 Å². The van der Waals surface area contributed by atoms with Crippen molar-refractivity contribution in [3.63, 3.8) is 0 Å². The zero-order valence-electron chi connectivity index (χ0n) is 14.0. The fourth-order valence-corrected chi connectivity index (χ4v) is 2.92. The lowest BCUT2D eigenvalue weighted by Crippen LogP contribution is -2.07. The Morgan fingerprint density at radius 2 is 1.77 bits per heavy atom. The molecule has 0 spiro atoms. The summed E-state index contributed by atoms with van der Waals surface area (Å²) < 4.78 is 46.1. The number of benzene rings is 2. The van der Waals surface area contributed by atoms with Crippen molar-refractivity contribution in [3.05, 3.63) is 59.8 Å². The monoisotopic (exact) mass is 379 g/mol. The minimum atomic E-state index is -4.53. The number of ether oxygens (including phenoxy) is 1. The molecular weight excluding hydrogens is 363 g/mol. The summed E-state index contributed by atoms with van der Waals surface area (Å²) in [7, 11) is 1.55. The Morgan fingerprint density at radius 1 is 1.08 bits per heavy atom. The smallest absolute Gasteiger partial charge is 0.435 e. The standard InChI is InChI=1S/C18H16F3N3OS/c1-11-9-12(3-8-16(11)25-2)15-10-17(18(19,20)21)23-24(15)13-4-6-14(26-22)7-5-13/h3-10H,22H2,1-2H3. The minimum Gasteiger partial charge on any atom is -0.496 e. The number of nitrogens with zero attached hydrogens (tertiary/aromatic N) is 2. The summed E-state index contributed by atoms with van der Waals surface area (Å²) in [5.41, 5.74) is 1.35. The summed E-state index contributed by atoms with van der Waals surface area (Å²) in [5.74, 6) is 0.667. The zero-order valence-corrected chi connectivity index (χ0v) is 14.9. The zero-order chi connectivity index (χ0) is 18.9. The van der Waals surface area contributed by atoms with Gasteiger partial charge in [-0.3, -0.25) is 5.14 Å². The van der Waals surface area contributed by atoms with Crippen LogP contribution < -0.4 is 9.88 Å². The van der Waals surface area contributed by atoms with Crippen LogP contribution in [-0.4, -0.2) is 16.9 Å². The quantitative estimate of drug-likeness (QED) is 0.659. The van der Waals surface area contributed by atoms with Gasteiger partial charge >= 0.3 is 6.18 Å². The summed E-state index contributed by atoms with van der Waals surface area (Å²) in [6, 6.07) is 13.1. The number of nitrogens with two attached hydrogens (primary N) is 1. The maximum Gasteiger partial charge on any atom is 0.435 e. The fourth-order valence-electron chi connectivity index (χ4n) is 2.63. The summed E-state index contributed by atoms with van der Waals surface area (Å²) in [6.45, 7) is 1.83. The molecule has 0 aliphatic heterocycles. The van der Waals surface area contributed by atoms with Gasteiger partial charge in [-0.2, -0.15) is 18.3 Å². The van der Waals surface area contributed by atoms with Crippen LogP contribution in [0.5, 0.6) is 5.75 Å². The molecule has 4 nitrogen and oxygen atoms in total. The highest BCUT2D eigenvalue weighted by molar-refractivity contribution is 7.97. The first-order chi connectivity index (χ1) is 12.3. The molecule has 3 rings (SSSR count). The van der Waals surface area contributed by atoms with E-state index in [1.54, 1.807) is 49.6 Å². The second kappa shape index (κ2) is 7.05. The Hall–Kier alpha value is -2.45. The van der Waals surface area contributed by atoms with Gasteiger partial charge in [-0.1, -0.05) is 0 Å². The van der Waals surface area contributed by atoms with Crippen LogP contribution in [0.15, 0.2) is 53.4 Å². The van der Waals surface area contributed by atoms with Crippen LogP contribution in [-0.2, 0) is 6.18 Å². The molecule has 0 bridgehead atoms. The molecule has 1 heterocycles. The van der Waals surface area contributed by atoms with Gasteiger partial charge in [-0.25, -0.2) is 4.68 Å². The van der Waals surface area contributed by atoms with Gasteiger partial charge in [-0.15, -0.1) is 0 Å². The van der Waals surface area contributed by atoms with Crippen molar-refractivity contribution < 1.29 is 17.9 Å². The van der Waals surface area contributed by atoms with E-state index >= 15 is 0 Å². The number of methoxy groups -OCH3 is 1. The Balaban J connectivity index is 2.16. The molecular formula is C18H16F3N3OS. The molecule has 0 unspecified atom stereocenters. The van der Waals surface area contributed by atoms with Crippen LogP contribution in [0.25, 0.3) is 16.9 Å². The van der Waals surface area contributed by atoms with Crippen molar-refractivity contribution in [2.24, 2.45) is 5.14 Å². The van der Waals surface area contributed by atoms with Crippen molar-refractivity contribution in [2.75, 3.05) is 7.11 Å². The van der Waals surface area contributed by atoms with E-state index in [0.29, 0.717) is 22.7 Å². The van der Waals surface area contributed by atoms with Crippen LogP contribution in [0, 0.1) is 6.92 Å². The fraction of sp³-hybridized carbons (Fsp3) is 0.167. The van der Waals surface area contributed by atoms with Gasteiger partial charge in [0.05, 0.1) is 18.5 Å². The van der Waals surface area contributed by atoms with Crippen molar-refractivity contribution in [3.8, 4) is 22.7 Å². The summed E-state index contributed by atoms with van der Waals surface area (Å²) in [6.07, 6.45) is -4.53. The van der Waals surface area contributed by atoms with Gasteiger partial charge in [0.2, 0.25) is 0 Å². The Morgan fingerprint density at radius 3 is 2.31 bits per heavy atom. The lowest BCUT2D eigenvalue weighted by atomic mass is 10.1. The largest absolute Gasteiger partial charge is 0.496 e. The summed E-state index contributed by atoms with van der Waals surface area (Å²) in [5, 5.41) is 9.28. The summed E-state index contributed by atoms with van der Waals surface area (Å²) in [4.78, 5) is 0.804. The maximum absolute atomic E-state index is 13.2. The lowest BCUT2D eigenvalue weighted by Gasteiger charge is -2.10.